The standard InChI is InChI=1S/C13H13ClN6/c1-16-7-3-4-9-11(19-13(15)20(9)2)10(7)8-5-6-17-12(14)18-8/h3-6,16H,1-2H3,(H2,15,19). The molecule has 3 aromatic rings. The van der Waals surface area contributed by atoms with Crippen LogP contribution in [0.1, 0.15) is 0 Å². The predicted molar refractivity (Wildman–Crippen MR) is 80.7 cm³/mol. The third kappa shape index (κ3) is 1.85. The molecular formula is C13H13ClN6. The molecule has 0 spiro atoms. The molecule has 7 heteroatoms. The molecule has 20 heavy (non-hydrogen) atoms. The normalized spacial score (nSPS) is 10.9. The molecule has 0 aliphatic rings. The van der Waals surface area contributed by atoms with Gasteiger partial charge in [0, 0.05) is 26.0 Å². The first-order valence-electron chi connectivity index (χ1n) is 6.03. The zero-order chi connectivity index (χ0) is 14.3. The summed E-state index contributed by atoms with van der Waals surface area (Å²) in [6.45, 7) is 0. The average molecular weight is 289 g/mol. The summed E-state index contributed by atoms with van der Waals surface area (Å²) in [7, 11) is 3.72. The molecule has 0 saturated heterocycles. The number of halogens is 1. The lowest BCUT2D eigenvalue weighted by atomic mass is 10.1. The Bertz CT molecular complexity index is 795. The second-order valence-corrected chi connectivity index (χ2v) is 4.68. The summed E-state index contributed by atoms with van der Waals surface area (Å²) in [4.78, 5) is 12.6. The fourth-order valence-electron chi connectivity index (χ4n) is 2.22. The molecule has 0 saturated carbocycles. The van der Waals surface area contributed by atoms with Gasteiger partial charge in [0.1, 0.15) is 5.52 Å². The largest absolute Gasteiger partial charge is 0.388 e. The van der Waals surface area contributed by atoms with Crippen LogP contribution in [0.5, 0.6) is 0 Å². The molecule has 0 aliphatic heterocycles. The van der Waals surface area contributed by atoms with E-state index in [2.05, 4.69) is 20.3 Å². The molecule has 2 aromatic heterocycles. The highest BCUT2D eigenvalue weighted by Gasteiger charge is 2.16. The van der Waals surface area contributed by atoms with Crippen molar-refractivity contribution in [3.63, 3.8) is 0 Å². The minimum Gasteiger partial charge on any atom is -0.388 e. The number of aromatic nitrogens is 4. The van der Waals surface area contributed by atoms with Crippen LogP contribution in [0.3, 0.4) is 0 Å². The molecule has 2 heterocycles. The Hall–Kier alpha value is -2.34. The van der Waals surface area contributed by atoms with Gasteiger partial charge in [0.05, 0.1) is 16.8 Å². The SMILES string of the molecule is CNc1ccc2c(nc(N)n2C)c1-c1ccnc(Cl)n1. The fraction of sp³-hybridized carbons (Fsp3) is 0.154. The van der Waals surface area contributed by atoms with E-state index in [1.54, 1.807) is 12.3 Å². The van der Waals surface area contributed by atoms with Gasteiger partial charge < -0.3 is 15.6 Å². The maximum atomic E-state index is 5.89. The summed E-state index contributed by atoms with van der Waals surface area (Å²) in [6, 6.07) is 5.73. The van der Waals surface area contributed by atoms with E-state index in [9.17, 15) is 0 Å². The van der Waals surface area contributed by atoms with Gasteiger partial charge in [-0.2, -0.15) is 0 Å². The van der Waals surface area contributed by atoms with Crippen LogP contribution in [0.2, 0.25) is 5.28 Å². The molecule has 0 radical (unpaired) electrons. The third-order valence-electron chi connectivity index (χ3n) is 3.24. The number of nitrogens with two attached hydrogens (primary N) is 1. The molecule has 0 bridgehead atoms. The van der Waals surface area contributed by atoms with E-state index in [1.165, 1.54) is 0 Å². The molecule has 0 fully saturated rings. The highest BCUT2D eigenvalue weighted by molar-refractivity contribution is 6.28. The van der Waals surface area contributed by atoms with Gasteiger partial charge in [0.25, 0.3) is 0 Å². The van der Waals surface area contributed by atoms with Gasteiger partial charge in [-0.15, -0.1) is 0 Å². The Morgan fingerprint density at radius 3 is 2.75 bits per heavy atom. The minimum absolute atomic E-state index is 0.199. The summed E-state index contributed by atoms with van der Waals surface area (Å²) in [5, 5.41) is 3.34. The Balaban J connectivity index is 2.40. The monoisotopic (exact) mass is 288 g/mol. The number of nitrogens with zero attached hydrogens (tertiary/aromatic N) is 4. The summed E-state index contributed by atoms with van der Waals surface area (Å²) in [5.74, 6) is 0.453. The van der Waals surface area contributed by atoms with Crippen LogP contribution in [0.15, 0.2) is 24.4 Å². The third-order valence-corrected chi connectivity index (χ3v) is 3.42. The number of imidazole rings is 1. The first-order valence-corrected chi connectivity index (χ1v) is 6.41. The molecule has 0 aliphatic carbocycles. The Morgan fingerprint density at radius 1 is 1.25 bits per heavy atom. The maximum absolute atomic E-state index is 5.89. The van der Waals surface area contributed by atoms with Crippen LogP contribution in [0.25, 0.3) is 22.3 Å². The van der Waals surface area contributed by atoms with Gasteiger partial charge in [-0.25, -0.2) is 15.0 Å². The van der Waals surface area contributed by atoms with E-state index >= 15 is 0 Å². The van der Waals surface area contributed by atoms with Crippen LogP contribution >= 0.6 is 11.6 Å². The lowest BCUT2D eigenvalue weighted by Crippen LogP contribution is -1.97. The van der Waals surface area contributed by atoms with Gasteiger partial charge in [0.15, 0.2) is 0 Å². The number of aryl methyl sites for hydroxylation is 1. The van der Waals surface area contributed by atoms with Gasteiger partial charge in [-0.1, -0.05) is 0 Å². The summed E-state index contributed by atoms with van der Waals surface area (Å²) < 4.78 is 1.83. The van der Waals surface area contributed by atoms with E-state index in [0.29, 0.717) is 11.6 Å². The van der Waals surface area contributed by atoms with Crippen molar-refractivity contribution in [2.45, 2.75) is 0 Å². The van der Waals surface area contributed by atoms with Crippen molar-refractivity contribution in [3.05, 3.63) is 29.7 Å². The van der Waals surface area contributed by atoms with Crippen LogP contribution in [-0.2, 0) is 7.05 Å². The Kier molecular flexibility index (Phi) is 2.94. The second kappa shape index (κ2) is 4.64. The van der Waals surface area contributed by atoms with E-state index in [1.807, 2.05) is 30.8 Å². The van der Waals surface area contributed by atoms with E-state index in [0.717, 1.165) is 22.3 Å². The smallest absolute Gasteiger partial charge is 0.222 e. The highest BCUT2D eigenvalue weighted by atomic mass is 35.5. The summed E-state index contributed by atoms with van der Waals surface area (Å²) in [5.41, 5.74) is 10.1. The number of hydrogen-bond acceptors (Lipinski definition) is 5. The lowest BCUT2D eigenvalue weighted by molar-refractivity contribution is 0.965. The average Bonchev–Trinajstić information content (AvgIpc) is 2.73. The number of fused-ring (bicyclic) bond motifs is 1. The zero-order valence-corrected chi connectivity index (χ0v) is 11.8. The number of anilines is 2. The fourth-order valence-corrected chi connectivity index (χ4v) is 2.37. The quantitative estimate of drug-likeness (QED) is 0.707. The molecule has 0 amide bonds. The predicted octanol–water partition coefficient (Wildman–Crippen LogP) is 2.31. The zero-order valence-electron chi connectivity index (χ0n) is 11.1. The van der Waals surface area contributed by atoms with Gasteiger partial charge in [-0.05, 0) is 29.8 Å². The van der Waals surface area contributed by atoms with Crippen molar-refractivity contribution < 1.29 is 0 Å². The molecule has 102 valence electrons. The molecular weight excluding hydrogens is 276 g/mol. The van der Waals surface area contributed by atoms with Gasteiger partial charge >= 0.3 is 0 Å². The van der Waals surface area contributed by atoms with Crippen molar-refractivity contribution in [3.8, 4) is 11.3 Å². The van der Waals surface area contributed by atoms with Crippen molar-refractivity contribution >= 4 is 34.3 Å². The topological polar surface area (TPSA) is 81.6 Å². The van der Waals surface area contributed by atoms with Crippen LogP contribution in [-0.4, -0.2) is 26.6 Å². The number of nitrogen functional groups attached to an aromatic ring is 1. The molecule has 6 nitrogen and oxygen atoms in total. The van der Waals surface area contributed by atoms with E-state index < -0.39 is 0 Å². The van der Waals surface area contributed by atoms with E-state index in [4.69, 9.17) is 17.3 Å². The Labute approximate surface area is 120 Å². The number of hydrogen-bond donors (Lipinski definition) is 2. The van der Waals surface area contributed by atoms with Crippen LogP contribution in [0, 0.1) is 0 Å². The van der Waals surface area contributed by atoms with Crippen molar-refractivity contribution in [1.29, 1.82) is 0 Å². The minimum atomic E-state index is 0.199. The van der Waals surface area contributed by atoms with Crippen LogP contribution in [0.4, 0.5) is 11.6 Å². The Morgan fingerprint density at radius 2 is 2.05 bits per heavy atom. The maximum Gasteiger partial charge on any atom is 0.222 e. The number of benzene rings is 1. The highest BCUT2D eigenvalue weighted by Crippen LogP contribution is 2.34. The van der Waals surface area contributed by atoms with Crippen molar-refractivity contribution in [2.24, 2.45) is 7.05 Å². The summed E-state index contributed by atoms with van der Waals surface area (Å²) >= 11 is 5.88. The van der Waals surface area contributed by atoms with Gasteiger partial charge in [-0.3, -0.25) is 0 Å². The molecule has 0 atom stereocenters. The first-order chi connectivity index (χ1) is 9.61. The van der Waals surface area contributed by atoms with Gasteiger partial charge in [0.2, 0.25) is 11.2 Å². The van der Waals surface area contributed by atoms with Crippen LogP contribution < -0.4 is 11.1 Å². The lowest BCUT2D eigenvalue weighted by Gasteiger charge is -2.09. The first kappa shape index (κ1) is 12.7. The molecule has 3 N–H and O–H groups in total. The summed E-state index contributed by atoms with van der Waals surface area (Å²) in [6.07, 6.45) is 1.62. The molecule has 1 aromatic carbocycles. The molecule has 0 unspecified atom stereocenters. The number of rotatable bonds is 2. The second-order valence-electron chi connectivity index (χ2n) is 4.35. The number of nitrogens with one attached hydrogen (secondary N) is 1. The molecule has 3 rings (SSSR count). The van der Waals surface area contributed by atoms with Crippen molar-refractivity contribution in [1.82, 2.24) is 19.5 Å². The van der Waals surface area contributed by atoms with Crippen molar-refractivity contribution in [2.75, 3.05) is 18.1 Å². The van der Waals surface area contributed by atoms with E-state index in [-0.39, 0.29) is 5.28 Å².